The minimum Gasteiger partial charge on any atom is -0.506 e. The fourth-order valence-electron chi connectivity index (χ4n) is 0.951. The van der Waals surface area contributed by atoms with Crippen molar-refractivity contribution in [3.63, 3.8) is 0 Å². The van der Waals surface area contributed by atoms with Crippen molar-refractivity contribution in [2.75, 3.05) is 0 Å². The predicted molar refractivity (Wildman–Crippen MR) is 65.2 cm³/mol. The Labute approximate surface area is 102 Å². The molecule has 0 aliphatic rings. The Hall–Kier alpha value is -0.220. The standard InChI is InChI=1S/C9H9BrClNO.ClH/c1-2-7(12)5-3-4-6(11)8(10)9(5)13;/h2-4,7,13H,1,12H2;1H/t7-;/m0./s1. The van der Waals surface area contributed by atoms with E-state index in [0.29, 0.717) is 15.1 Å². The molecule has 0 aliphatic carbocycles. The summed E-state index contributed by atoms with van der Waals surface area (Å²) in [7, 11) is 0. The van der Waals surface area contributed by atoms with Crippen LogP contribution in [0.2, 0.25) is 5.02 Å². The molecule has 3 N–H and O–H groups in total. The van der Waals surface area contributed by atoms with Crippen LogP contribution in [0.15, 0.2) is 29.3 Å². The van der Waals surface area contributed by atoms with Crippen molar-refractivity contribution in [1.29, 1.82) is 0 Å². The van der Waals surface area contributed by atoms with Gasteiger partial charge < -0.3 is 10.8 Å². The molecule has 1 atom stereocenters. The average molecular weight is 299 g/mol. The van der Waals surface area contributed by atoms with Gasteiger partial charge in [0, 0.05) is 5.56 Å². The molecule has 1 rings (SSSR count). The first-order valence-corrected chi connectivity index (χ1v) is 4.80. The molecule has 0 unspecified atom stereocenters. The van der Waals surface area contributed by atoms with Crippen LogP contribution in [0.1, 0.15) is 11.6 Å². The van der Waals surface area contributed by atoms with Crippen LogP contribution in [0.25, 0.3) is 0 Å². The number of hydrogen-bond donors (Lipinski definition) is 2. The molecule has 0 bridgehead atoms. The zero-order valence-electron chi connectivity index (χ0n) is 7.21. The SMILES string of the molecule is C=C[C@H](N)c1ccc(Cl)c(Br)c1O.Cl. The van der Waals surface area contributed by atoms with E-state index in [1.54, 1.807) is 18.2 Å². The first-order chi connectivity index (χ1) is 6.07. The quantitative estimate of drug-likeness (QED) is 0.822. The third-order valence-corrected chi connectivity index (χ3v) is 3.06. The van der Waals surface area contributed by atoms with Crippen molar-refractivity contribution in [2.24, 2.45) is 5.73 Å². The predicted octanol–water partition coefficient (Wildman–Crippen LogP) is 3.42. The molecule has 1 aromatic carbocycles. The van der Waals surface area contributed by atoms with E-state index in [0.717, 1.165) is 0 Å². The van der Waals surface area contributed by atoms with Crippen molar-refractivity contribution in [1.82, 2.24) is 0 Å². The van der Waals surface area contributed by atoms with Gasteiger partial charge in [-0.15, -0.1) is 19.0 Å². The first kappa shape index (κ1) is 13.8. The van der Waals surface area contributed by atoms with Crippen molar-refractivity contribution in [3.8, 4) is 5.75 Å². The van der Waals surface area contributed by atoms with Crippen LogP contribution in [-0.4, -0.2) is 5.11 Å². The number of nitrogens with two attached hydrogens (primary N) is 1. The molecule has 1 aromatic rings. The second kappa shape index (κ2) is 5.61. The summed E-state index contributed by atoms with van der Waals surface area (Å²) >= 11 is 8.92. The molecule has 0 aromatic heterocycles. The number of hydrogen-bond acceptors (Lipinski definition) is 2. The van der Waals surface area contributed by atoms with Crippen molar-refractivity contribution in [3.05, 3.63) is 39.8 Å². The zero-order chi connectivity index (χ0) is 10.0. The summed E-state index contributed by atoms with van der Waals surface area (Å²) in [6.07, 6.45) is 1.55. The Bertz CT molecular complexity index is 344. The smallest absolute Gasteiger partial charge is 0.136 e. The fraction of sp³-hybridized carbons (Fsp3) is 0.111. The van der Waals surface area contributed by atoms with Gasteiger partial charge in [-0.05, 0) is 22.0 Å². The molecule has 78 valence electrons. The lowest BCUT2D eigenvalue weighted by molar-refractivity contribution is 0.462. The summed E-state index contributed by atoms with van der Waals surface area (Å²) in [5.41, 5.74) is 6.28. The highest BCUT2D eigenvalue weighted by Crippen LogP contribution is 2.36. The number of halogens is 3. The van der Waals surface area contributed by atoms with E-state index < -0.39 is 0 Å². The van der Waals surface area contributed by atoms with Gasteiger partial charge in [-0.2, -0.15) is 0 Å². The van der Waals surface area contributed by atoms with Gasteiger partial charge in [0.05, 0.1) is 15.5 Å². The molecule has 5 heteroatoms. The maximum atomic E-state index is 9.62. The van der Waals surface area contributed by atoms with Crippen molar-refractivity contribution < 1.29 is 5.11 Å². The molecule has 0 fully saturated rings. The molecular formula is C9H10BrCl2NO. The molecule has 0 heterocycles. The Kier molecular flexibility index (Phi) is 5.52. The number of rotatable bonds is 2. The molecule has 14 heavy (non-hydrogen) atoms. The Balaban J connectivity index is 0.00000169. The molecule has 0 saturated carbocycles. The topological polar surface area (TPSA) is 46.2 Å². The summed E-state index contributed by atoms with van der Waals surface area (Å²) in [5, 5.41) is 10.1. The highest BCUT2D eigenvalue weighted by atomic mass is 79.9. The normalized spacial score (nSPS) is 11.6. The van der Waals surface area contributed by atoms with Crippen LogP contribution >= 0.6 is 39.9 Å². The minimum absolute atomic E-state index is 0. The van der Waals surface area contributed by atoms with Gasteiger partial charge in [0.15, 0.2) is 0 Å². The number of phenols is 1. The molecule has 0 aliphatic heterocycles. The summed E-state index contributed by atoms with van der Waals surface area (Å²) < 4.78 is 0.462. The second-order valence-corrected chi connectivity index (χ2v) is 3.76. The summed E-state index contributed by atoms with van der Waals surface area (Å²) in [5.74, 6) is 0.0694. The van der Waals surface area contributed by atoms with E-state index >= 15 is 0 Å². The summed E-state index contributed by atoms with van der Waals surface area (Å²) in [6.45, 7) is 3.55. The Morgan fingerprint density at radius 2 is 2.14 bits per heavy atom. The maximum Gasteiger partial charge on any atom is 0.136 e. The monoisotopic (exact) mass is 297 g/mol. The van der Waals surface area contributed by atoms with Crippen LogP contribution in [0.4, 0.5) is 0 Å². The van der Waals surface area contributed by atoms with E-state index in [2.05, 4.69) is 22.5 Å². The van der Waals surface area contributed by atoms with Crippen molar-refractivity contribution >= 4 is 39.9 Å². The lowest BCUT2D eigenvalue weighted by Gasteiger charge is -2.10. The molecule has 2 nitrogen and oxygen atoms in total. The number of benzene rings is 1. The summed E-state index contributed by atoms with van der Waals surface area (Å²) in [6, 6.07) is 2.97. The van der Waals surface area contributed by atoms with Crippen LogP contribution in [-0.2, 0) is 0 Å². The van der Waals surface area contributed by atoms with Crippen LogP contribution in [0.5, 0.6) is 5.75 Å². The highest BCUT2D eigenvalue weighted by molar-refractivity contribution is 9.10. The Morgan fingerprint density at radius 1 is 1.57 bits per heavy atom. The lowest BCUT2D eigenvalue weighted by atomic mass is 10.1. The van der Waals surface area contributed by atoms with Gasteiger partial charge in [-0.3, -0.25) is 0 Å². The van der Waals surface area contributed by atoms with Crippen LogP contribution < -0.4 is 5.73 Å². The highest BCUT2D eigenvalue weighted by Gasteiger charge is 2.12. The molecule has 0 amide bonds. The van der Waals surface area contributed by atoms with Gasteiger partial charge in [-0.1, -0.05) is 23.7 Å². The molecule has 0 radical (unpaired) electrons. The van der Waals surface area contributed by atoms with E-state index in [9.17, 15) is 5.11 Å². The average Bonchev–Trinajstić information content (AvgIpc) is 2.13. The fourth-order valence-corrected chi connectivity index (χ4v) is 1.46. The lowest BCUT2D eigenvalue weighted by Crippen LogP contribution is -2.06. The van der Waals surface area contributed by atoms with E-state index in [1.807, 2.05) is 0 Å². The minimum atomic E-state index is -0.381. The molecular weight excluding hydrogens is 289 g/mol. The van der Waals surface area contributed by atoms with Gasteiger partial charge in [0.1, 0.15) is 5.75 Å². The van der Waals surface area contributed by atoms with Gasteiger partial charge in [0.2, 0.25) is 0 Å². The van der Waals surface area contributed by atoms with Crippen molar-refractivity contribution in [2.45, 2.75) is 6.04 Å². The third kappa shape index (κ3) is 2.64. The second-order valence-electron chi connectivity index (χ2n) is 2.56. The van der Waals surface area contributed by atoms with Crippen LogP contribution in [0.3, 0.4) is 0 Å². The van der Waals surface area contributed by atoms with Crippen LogP contribution in [0, 0.1) is 0 Å². The first-order valence-electron chi connectivity index (χ1n) is 3.63. The number of aromatic hydroxyl groups is 1. The van der Waals surface area contributed by atoms with Gasteiger partial charge >= 0.3 is 0 Å². The zero-order valence-corrected chi connectivity index (χ0v) is 10.4. The summed E-state index contributed by atoms with van der Waals surface area (Å²) in [4.78, 5) is 0. The third-order valence-electron chi connectivity index (χ3n) is 1.71. The Morgan fingerprint density at radius 3 is 2.64 bits per heavy atom. The largest absolute Gasteiger partial charge is 0.506 e. The van der Waals surface area contributed by atoms with E-state index in [4.69, 9.17) is 17.3 Å². The van der Waals surface area contributed by atoms with E-state index in [-0.39, 0.29) is 24.2 Å². The molecule has 0 spiro atoms. The maximum absolute atomic E-state index is 9.62. The van der Waals surface area contributed by atoms with E-state index in [1.165, 1.54) is 0 Å². The number of phenolic OH excluding ortho intramolecular Hbond substituents is 1. The van der Waals surface area contributed by atoms with Gasteiger partial charge in [0.25, 0.3) is 0 Å². The molecule has 0 saturated heterocycles. The van der Waals surface area contributed by atoms with Gasteiger partial charge in [-0.25, -0.2) is 0 Å².